The molecule has 0 aliphatic heterocycles. The Kier molecular flexibility index (Phi) is 4.48. The lowest BCUT2D eigenvalue weighted by Gasteiger charge is -2.13. The van der Waals surface area contributed by atoms with Crippen LogP contribution in [0.4, 0.5) is 17.2 Å². The van der Waals surface area contributed by atoms with Crippen molar-refractivity contribution < 1.29 is 0 Å². The van der Waals surface area contributed by atoms with E-state index in [-0.39, 0.29) is 0 Å². The first-order chi connectivity index (χ1) is 11.1. The van der Waals surface area contributed by atoms with E-state index in [0.717, 1.165) is 21.2 Å². The number of nitrogens with zero attached hydrogens (tertiary/aromatic N) is 2. The van der Waals surface area contributed by atoms with Crippen molar-refractivity contribution in [1.82, 2.24) is 9.97 Å². The van der Waals surface area contributed by atoms with E-state index in [9.17, 15) is 0 Å². The molecule has 0 radical (unpaired) electrons. The number of hydrogen-bond acceptors (Lipinski definition) is 5. The van der Waals surface area contributed by atoms with Gasteiger partial charge in [0.1, 0.15) is 17.0 Å². The number of nitrogen functional groups attached to an aromatic ring is 1. The van der Waals surface area contributed by atoms with Crippen LogP contribution in [-0.2, 0) is 0 Å². The Morgan fingerprint density at radius 3 is 2.57 bits per heavy atom. The number of nitrogens with two attached hydrogens (primary N) is 1. The topological polar surface area (TPSA) is 63.8 Å². The summed E-state index contributed by atoms with van der Waals surface area (Å²) in [6.07, 6.45) is 1.54. The van der Waals surface area contributed by atoms with E-state index in [1.54, 1.807) is 0 Å². The maximum atomic E-state index is 6.26. The molecule has 1 aromatic heterocycles. The number of benzene rings is 2. The van der Waals surface area contributed by atoms with Crippen LogP contribution in [0.5, 0.6) is 0 Å². The Morgan fingerprint density at radius 2 is 1.78 bits per heavy atom. The van der Waals surface area contributed by atoms with Crippen LogP contribution in [0.1, 0.15) is 11.1 Å². The van der Waals surface area contributed by atoms with E-state index >= 15 is 0 Å². The monoisotopic (exact) mass is 322 g/mol. The van der Waals surface area contributed by atoms with Gasteiger partial charge >= 0.3 is 0 Å². The maximum Gasteiger partial charge on any atom is 0.158 e. The highest BCUT2D eigenvalue weighted by Gasteiger charge is 2.10. The Labute approximate surface area is 140 Å². The van der Waals surface area contributed by atoms with Gasteiger partial charge in [-0.3, -0.25) is 0 Å². The van der Waals surface area contributed by atoms with Crippen molar-refractivity contribution in [2.75, 3.05) is 11.1 Å². The molecule has 116 valence electrons. The first kappa shape index (κ1) is 15.4. The van der Waals surface area contributed by atoms with Gasteiger partial charge in [-0.05, 0) is 43.2 Å². The molecule has 3 aromatic rings. The third-order valence-corrected chi connectivity index (χ3v) is 4.48. The molecule has 0 bridgehead atoms. The highest BCUT2D eigenvalue weighted by Crippen LogP contribution is 2.34. The van der Waals surface area contributed by atoms with Gasteiger partial charge in [0.25, 0.3) is 0 Å². The van der Waals surface area contributed by atoms with Crippen molar-refractivity contribution in [2.45, 2.75) is 23.8 Å². The number of hydrogen-bond donors (Lipinski definition) is 2. The van der Waals surface area contributed by atoms with Crippen molar-refractivity contribution in [3.05, 3.63) is 66.0 Å². The van der Waals surface area contributed by atoms with Crippen LogP contribution in [0.15, 0.2) is 64.8 Å². The molecule has 0 amide bonds. The number of aryl methyl sites for hydroxylation is 2. The fourth-order valence-electron chi connectivity index (χ4n) is 2.16. The summed E-state index contributed by atoms with van der Waals surface area (Å²) in [4.78, 5) is 9.68. The minimum Gasteiger partial charge on any atom is -0.394 e. The van der Waals surface area contributed by atoms with Crippen LogP contribution in [0.25, 0.3) is 0 Å². The maximum absolute atomic E-state index is 6.26. The Hall–Kier alpha value is -2.53. The van der Waals surface area contributed by atoms with E-state index < -0.39 is 0 Å². The van der Waals surface area contributed by atoms with E-state index in [1.165, 1.54) is 23.7 Å². The van der Waals surface area contributed by atoms with Gasteiger partial charge in [0.05, 0.1) is 0 Å². The van der Waals surface area contributed by atoms with Crippen LogP contribution >= 0.6 is 11.8 Å². The molecule has 0 fully saturated rings. The number of nitrogens with one attached hydrogen (secondary N) is 1. The standard InChI is InChI=1S/C18H18N4S/c1-12-8-9-13(2)15(10-12)22-17-16(19)18(21-11-20-17)23-14-6-4-3-5-7-14/h3-11H,19H2,1-2H3,(H,20,21,22). The van der Waals surface area contributed by atoms with Crippen molar-refractivity contribution in [3.63, 3.8) is 0 Å². The highest BCUT2D eigenvalue weighted by molar-refractivity contribution is 7.99. The van der Waals surface area contributed by atoms with E-state index in [1.807, 2.05) is 30.3 Å². The third-order valence-electron chi connectivity index (χ3n) is 3.45. The molecule has 4 nitrogen and oxygen atoms in total. The lowest BCUT2D eigenvalue weighted by atomic mass is 10.1. The molecule has 23 heavy (non-hydrogen) atoms. The van der Waals surface area contributed by atoms with Crippen LogP contribution in [0, 0.1) is 13.8 Å². The van der Waals surface area contributed by atoms with Crippen molar-refractivity contribution in [1.29, 1.82) is 0 Å². The van der Waals surface area contributed by atoms with Gasteiger partial charge in [-0.25, -0.2) is 9.97 Å². The van der Waals surface area contributed by atoms with Gasteiger partial charge in [-0.2, -0.15) is 0 Å². The molecule has 0 unspecified atom stereocenters. The van der Waals surface area contributed by atoms with Crippen LogP contribution in [-0.4, -0.2) is 9.97 Å². The second kappa shape index (κ2) is 6.71. The average Bonchev–Trinajstić information content (AvgIpc) is 2.55. The predicted molar refractivity (Wildman–Crippen MR) is 96.2 cm³/mol. The molecule has 3 N–H and O–H groups in total. The predicted octanol–water partition coefficient (Wildman–Crippen LogP) is 4.57. The normalized spacial score (nSPS) is 10.5. The summed E-state index contributed by atoms with van der Waals surface area (Å²) in [5, 5.41) is 4.07. The van der Waals surface area contributed by atoms with Crippen molar-refractivity contribution >= 4 is 29.0 Å². The molecule has 0 saturated carbocycles. The van der Waals surface area contributed by atoms with E-state index in [0.29, 0.717) is 11.5 Å². The molecular formula is C18H18N4S. The Morgan fingerprint density at radius 1 is 1.00 bits per heavy atom. The molecule has 0 aliphatic carbocycles. The summed E-state index contributed by atoms with van der Waals surface area (Å²) < 4.78 is 0. The summed E-state index contributed by atoms with van der Waals surface area (Å²) in [6, 6.07) is 16.3. The van der Waals surface area contributed by atoms with Crippen LogP contribution in [0.2, 0.25) is 0 Å². The lowest BCUT2D eigenvalue weighted by Crippen LogP contribution is -2.03. The lowest BCUT2D eigenvalue weighted by molar-refractivity contribution is 1.06. The summed E-state index contributed by atoms with van der Waals surface area (Å²) in [5.74, 6) is 0.632. The minimum absolute atomic E-state index is 0.558. The quantitative estimate of drug-likeness (QED) is 0.689. The van der Waals surface area contributed by atoms with E-state index in [4.69, 9.17) is 5.73 Å². The molecule has 0 aliphatic rings. The van der Waals surface area contributed by atoms with Gasteiger partial charge < -0.3 is 11.1 Å². The van der Waals surface area contributed by atoms with Crippen LogP contribution in [0.3, 0.4) is 0 Å². The zero-order valence-electron chi connectivity index (χ0n) is 13.1. The van der Waals surface area contributed by atoms with Gasteiger partial charge in [-0.1, -0.05) is 42.1 Å². The number of aromatic nitrogens is 2. The molecule has 0 spiro atoms. The SMILES string of the molecule is Cc1ccc(C)c(Nc2ncnc(Sc3ccccc3)c2N)c1. The average molecular weight is 322 g/mol. The fraction of sp³-hybridized carbons (Fsp3) is 0.111. The smallest absolute Gasteiger partial charge is 0.158 e. The van der Waals surface area contributed by atoms with Gasteiger partial charge in [0.15, 0.2) is 5.82 Å². The minimum atomic E-state index is 0.558. The van der Waals surface area contributed by atoms with Gasteiger partial charge in [0, 0.05) is 10.6 Å². The molecule has 0 saturated heterocycles. The Bertz CT molecular complexity index is 819. The zero-order chi connectivity index (χ0) is 16.2. The summed E-state index contributed by atoms with van der Waals surface area (Å²) in [7, 11) is 0. The van der Waals surface area contributed by atoms with Gasteiger partial charge in [0.2, 0.25) is 0 Å². The molecule has 3 rings (SSSR count). The molecule has 5 heteroatoms. The summed E-state index contributed by atoms with van der Waals surface area (Å²) in [5.41, 5.74) is 10.2. The third kappa shape index (κ3) is 3.63. The largest absolute Gasteiger partial charge is 0.394 e. The molecule has 0 atom stereocenters. The van der Waals surface area contributed by atoms with E-state index in [2.05, 4.69) is 47.3 Å². The number of anilines is 3. The molecule has 1 heterocycles. The molecule has 2 aromatic carbocycles. The second-order valence-electron chi connectivity index (χ2n) is 5.30. The second-order valence-corrected chi connectivity index (χ2v) is 6.36. The highest BCUT2D eigenvalue weighted by atomic mass is 32.2. The Balaban J connectivity index is 1.89. The van der Waals surface area contributed by atoms with Crippen molar-refractivity contribution in [2.24, 2.45) is 0 Å². The first-order valence-corrected chi connectivity index (χ1v) is 8.13. The fourth-order valence-corrected chi connectivity index (χ4v) is 2.98. The first-order valence-electron chi connectivity index (χ1n) is 7.31. The summed E-state index contributed by atoms with van der Waals surface area (Å²) >= 11 is 1.53. The van der Waals surface area contributed by atoms with Crippen molar-refractivity contribution in [3.8, 4) is 0 Å². The zero-order valence-corrected chi connectivity index (χ0v) is 13.9. The summed E-state index contributed by atoms with van der Waals surface area (Å²) in [6.45, 7) is 4.11. The van der Waals surface area contributed by atoms with Gasteiger partial charge in [-0.15, -0.1) is 0 Å². The molecular weight excluding hydrogens is 304 g/mol. The number of rotatable bonds is 4. The van der Waals surface area contributed by atoms with Crippen LogP contribution < -0.4 is 11.1 Å².